The van der Waals surface area contributed by atoms with Crippen molar-refractivity contribution in [2.45, 2.75) is 0 Å². The molecule has 0 bridgehead atoms. The molecule has 0 fully saturated rings. The lowest BCUT2D eigenvalue weighted by atomic mass is 10.1. The van der Waals surface area contributed by atoms with E-state index in [1.54, 1.807) is 0 Å². The second-order valence-corrected chi connectivity index (χ2v) is 4.74. The number of carbonyl (C=O) groups is 1. The molecule has 0 heterocycles. The van der Waals surface area contributed by atoms with Gasteiger partial charge in [0.15, 0.2) is 11.5 Å². The lowest BCUT2D eigenvalue weighted by Gasteiger charge is -1.99. The van der Waals surface area contributed by atoms with Gasteiger partial charge in [0.1, 0.15) is 5.82 Å². The zero-order valence-corrected chi connectivity index (χ0v) is 11.7. The van der Waals surface area contributed by atoms with Crippen molar-refractivity contribution in [3.05, 3.63) is 74.6 Å². The van der Waals surface area contributed by atoms with Crippen LogP contribution in [0.5, 0.6) is 5.75 Å². The number of allylic oxidation sites excluding steroid dienone is 1. The van der Waals surface area contributed by atoms with Crippen LogP contribution in [-0.2, 0) is 0 Å². The van der Waals surface area contributed by atoms with Crippen LogP contribution in [0.3, 0.4) is 0 Å². The quantitative estimate of drug-likeness (QED) is 0.399. The molecular weight excluding hydrogens is 313 g/mol. The average Bonchev–Trinajstić information content (AvgIpc) is 2.48. The number of hydrogen-bond donors (Lipinski definition) is 1. The third-order valence-electron chi connectivity index (χ3n) is 2.83. The van der Waals surface area contributed by atoms with Gasteiger partial charge < -0.3 is 5.11 Å². The zero-order valence-electron chi connectivity index (χ0n) is 11.0. The predicted molar refractivity (Wildman–Crippen MR) is 79.5 cm³/mol. The van der Waals surface area contributed by atoms with E-state index in [1.165, 1.54) is 30.4 Å². The van der Waals surface area contributed by atoms with Crippen LogP contribution in [0.4, 0.5) is 10.1 Å². The van der Waals surface area contributed by atoms with Crippen LogP contribution in [0.25, 0.3) is 6.08 Å². The summed E-state index contributed by atoms with van der Waals surface area (Å²) in [6.45, 7) is 0. The van der Waals surface area contributed by atoms with Crippen LogP contribution < -0.4 is 0 Å². The van der Waals surface area contributed by atoms with Crippen LogP contribution in [0.1, 0.15) is 15.9 Å². The van der Waals surface area contributed by atoms with Gasteiger partial charge in [-0.15, -0.1) is 0 Å². The third-order valence-corrected chi connectivity index (χ3v) is 3.12. The Kier molecular flexibility index (Phi) is 4.53. The minimum Gasteiger partial charge on any atom is -0.502 e. The van der Waals surface area contributed by atoms with Crippen LogP contribution in [-0.4, -0.2) is 15.8 Å². The Bertz CT molecular complexity index is 789. The molecule has 7 heteroatoms. The number of aromatic hydroxyl groups is 1. The summed E-state index contributed by atoms with van der Waals surface area (Å²) in [5.74, 6) is -1.52. The van der Waals surface area contributed by atoms with Gasteiger partial charge in [-0.2, -0.15) is 0 Å². The van der Waals surface area contributed by atoms with E-state index < -0.39 is 28.0 Å². The molecule has 0 amide bonds. The van der Waals surface area contributed by atoms with E-state index in [4.69, 9.17) is 11.6 Å². The minimum absolute atomic E-state index is 0.167. The predicted octanol–water partition coefficient (Wildman–Crippen LogP) is 3.99. The van der Waals surface area contributed by atoms with Gasteiger partial charge in [0, 0.05) is 11.6 Å². The fourth-order valence-corrected chi connectivity index (χ4v) is 1.89. The second kappa shape index (κ2) is 6.36. The number of rotatable bonds is 4. The van der Waals surface area contributed by atoms with Crippen molar-refractivity contribution < 1.29 is 19.2 Å². The van der Waals surface area contributed by atoms with E-state index >= 15 is 0 Å². The van der Waals surface area contributed by atoms with Gasteiger partial charge in [-0.25, -0.2) is 4.39 Å². The molecule has 2 aromatic rings. The largest absolute Gasteiger partial charge is 0.502 e. The Morgan fingerprint density at radius 2 is 2.00 bits per heavy atom. The van der Waals surface area contributed by atoms with Gasteiger partial charge >= 0.3 is 5.69 Å². The first-order valence-corrected chi connectivity index (χ1v) is 6.41. The van der Waals surface area contributed by atoms with Crippen molar-refractivity contribution in [3.8, 4) is 5.75 Å². The van der Waals surface area contributed by atoms with Gasteiger partial charge in [0.05, 0.1) is 9.95 Å². The standard InChI is InChI=1S/C15H9ClFNO4/c16-11-8-10(3-4-12(11)17)14(19)5-1-9-2-6-15(20)13(7-9)18(21)22/h1-8,20H/b5-1+. The highest BCUT2D eigenvalue weighted by Gasteiger charge is 2.13. The molecule has 2 rings (SSSR count). The molecule has 5 nitrogen and oxygen atoms in total. The number of halogens is 2. The number of nitro benzene ring substituents is 1. The van der Waals surface area contributed by atoms with E-state index in [0.29, 0.717) is 5.56 Å². The van der Waals surface area contributed by atoms with Crippen molar-refractivity contribution in [2.75, 3.05) is 0 Å². The van der Waals surface area contributed by atoms with Gasteiger partial charge in [-0.05, 0) is 35.9 Å². The van der Waals surface area contributed by atoms with E-state index in [0.717, 1.165) is 18.2 Å². The number of phenols is 1. The topological polar surface area (TPSA) is 80.4 Å². The first kappa shape index (κ1) is 15.7. The number of nitrogens with zero attached hydrogens (tertiary/aromatic N) is 1. The lowest BCUT2D eigenvalue weighted by Crippen LogP contribution is -1.95. The molecule has 112 valence electrons. The Balaban J connectivity index is 2.24. The van der Waals surface area contributed by atoms with Crippen LogP contribution in [0.15, 0.2) is 42.5 Å². The zero-order chi connectivity index (χ0) is 16.3. The first-order valence-electron chi connectivity index (χ1n) is 6.03. The van der Waals surface area contributed by atoms with E-state index in [9.17, 15) is 24.4 Å². The highest BCUT2D eigenvalue weighted by molar-refractivity contribution is 6.31. The maximum atomic E-state index is 13.0. The molecule has 0 saturated heterocycles. The maximum absolute atomic E-state index is 13.0. The number of nitro groups is 1. The summed E-state index contributed by atoms with van der Waals surface area (Å²) in [7, 11) is 0. The summed E-state index contributed by atoms with van der Waals surface area (Å²) in [5, 5.41) is 19.9. The molecule has 2 aromatic carbocycles. The van der Waals surface area contributed by atoms with Gasteiger partial charge in [-0.1, -0.05) is 23.7 Å². The molecule has 0 spiro atoms. The van der Waals surface area contributed by atoms with E-state index in [1.807, 2.05) is 0 Å². The Hall–Kier alpha value is -2.73. The monoisotopic (exact) mass is 321 g/mol. The molecule has 0 unspecified atom stereocenters. The molecule has 0 aliphatic carbocycles. The highest BCUT2D eigenvalue weighted by atomic mass is 35.5. The van der Waals surface area contributed by atoms with E-state index in [-0.39, 0.29) is 10.6 Å². The molecule has 0 atom stereocenters. The maximum Gasteiger partial charge on any atom is 0.311 e. The summed E-state index contributed by atoms with van der Waals surface area (Å²) in [5.41, 5.74) is 0.0985. The number of carbonyl (C=O) groups excluding carboxylic acids is 1. The summed E-state index contributed by atoms with van der Waals surface area (Å²) in [4.78, 5) is 21.9. The lowest BCUT2D eigenvalue weighted by molar-refractivity contribution is -0.385. The first-order chi connectivity index (χ1) is 10.4. The van der Waals surface area contributed by atoms with Crippen LogP contribution >= 0.6 is 11.6 Å². The molecule has 22 heavy (non-hydrogen) atoms. The Morgan fingerprint density at radius 1 is 1.27 bits per heavy atom. The number of benzene rings is 2. The summed E-state index contributed by atoms with van der Waals surface area (Å²) < 4.78 is 13.0. The molecule has 0 aliphatic heterocycles. The fourth-order valence-electron chi connectivity index (χ4n) is 1.71. The number of ketones is 1. The highest BCUT2D eigenvalue weighted by Crippen LogP contribution is 2.26. The number of hydrogen-bond acceptors (Lipinski definition) is 4. The molecule has 0 radical (unpaired) electrons. The van der Waals surface area contributed by atoms with Crippen molar-refractivity contribution >= 4 is 29.1 Å². The van der Waals surface area contributed by atoms with Crippen molar-refractivity contribution in [1.82, 2.24) is 0 Å². The second-order valence-electron chi connectivity index (χ2n) is 4.33. The molecule has 0 aromatic heterocycles. The minimum atomic E-state index is -0.728. The molecular formula is C15H9ClFNO4. The van der Waals surface area contributed by atoms with Gasteiger partial charge in [0.2, 0.25) is 0 Å². The van der Waals surface area contributed by atoms with Crippen LogP contribution in [0.2, 0.25) is 5.02 Å². The summed E-state index contributed by atoms with van der Waals surface area (Å²) in [6, 6.07) is 7.28. The average molecular weight is 322 g/mol. The SMILES string of the molecule is O=C(/C=C/c1ccc(O)c([N+](=O)[O-])c1)c1ccc(F)c(Cl)c1. The summed E-state index contributed by atoms with van der Waals surface area (Å²) in [6.07, 6.45) is 2.53. The Morgan fingerprint density at radius 3 is 2.64 bits per heavy atom. The molecule has 0 saturated carbocycles. The van der Waals surface area contributed by atoms with Crippen molar-refractivity contribution in [2.24, 2.45) is 0 Å². The smallest absolute Gasteiger partial charge is 0.311 e. The molecule has 1 N–H and O–H groups in total. The van der Waals surface area contributed by atoms with Crippen molar-refractivity contribution in [1.29, 1.82) is 0 Å². The van der Waals surface area contributed by atoms with Crippen LogP contribution in [0, 0.1) is 15.9 Å². The van der Waals surface area contributed by atoms with Gasteiger partial charge in [-0.3, -0.25) is 14.9 Å². The van der Waals surface area contributed by atoms with E-state index in [2.05, 4.69) is 0 Å². The summed E-state index contributed by atoms with van der Waals surface area (Å²) >= 11 is 5.59. The fraction of sp³-hybridized carbons (Fsp3) is 0. The number of phenolic OH excluding ortho intramolecular Hbond substituents is 1. The van der Waals surface area contributed by atoms with Crippen molar-refractivity contribution in [3.63, 3.8) is 0 Å². The normalized spacial score (nSPS) is 10.8. The third kappa shape index (κ3) is 3.48. The molecule has 0 aliphatic rings. The van der Waals surface area contributed by atoms with Gasteiger partial charge in [0.25, 0.3) is 0 Å². The Labute approximate surface area is 129 Å².